The summed E-state index contributed by atoms with van der Waals surface area (Å²) in [5.41, 5.74) is 4.51. The first-order chi connectivity index (χ1) is 14.6. The highest BCUT2D eigenvalue weighted by molar-refractivity contribution is 6.62. The van der Waals surface area contributed by atoms with Crippen molar-refractivity contribution in [1.29, 1.82) is 0 Å². The van der Waals surface area contributed by atoms with Gasteiger partial charge in [0.05, 0.1) is 11.2 Å². The van der Waals surface area contributed by atoms with Crippen molar-refractivity contribution in [2.45, 2.75) is 59.2 Å². The Balaban J connectivity index is 1.34. The van der Waals surface area contributed by atoms with E-state index in [9.17, 15) is 0 Å². The van der Waals surface area contributed by atoms with Gasteiger partial charge < -0.3 is 19.1 Å². The molecular weight excluding hydrogens is 383 g/mol. The molecular formula is C26H37BN2O2. The number of anilines is 2. The summed E-state index contributed by atoms with van der Waals surface area (Å²) in [5, 5.41) is 0. The smallest absolute Gasteiger partial charge is 0.399 e. The summed E-state index contributed by atoms with van der Waals surface area (Å²) in [4.78, 5) is 4.96. The molecule has 4 rings (SSSR count). The lowest BCUT2D eigenvalue weighted by molar-refractivity contribution is 0.00578. The molecule has 0 aromatic heterocycles. The summed E-state index contributed by atoms with van der Waals surface area (Å²) < 4.78 is 12.4. The van der Waals surface area contributed by atoms with Crippen molar-refractivity contribution in [2.75, 3.05) is 36.0 Å². The highest BCUT2D eigenvalue weighted by Crippen LogP contribution is 2.36. The third-order valence-electron chi connectivity index (χ3n) is 7.01. The van der Waals surface area contributed by atoms with Crippen LogP contribution in [0.5, 0.6) is 0 Å². The van der Waals surface area contributed by atoms with Crippen molar-refractivity contribution in [3.8, 4) is 0 Å². The van der Waals surface area contributed by atoms with Gasteiger partial charge in [0.15, 0.2) is 0 Å². The van der Waals surface area contributed by atoms with Crippen LogP contribution in [0, 0.1) is 5.92 Å². The molecule has 0 spiro atoms. The monoisotopic (exact) mass is 420 g/mol. The summed E-state index contributed by atoms with van der Waals surface area (Å²) in [6.45, 7) is 17.1. The molecule has 4 nitrogen and oxygen atoms in total. The van der Waals surface area contributed by atoms with Gasteiger partial charge in [-0.05, 0) is 75.3 Å². The van der Waals surface area contributed by atoms with Gasteiger partial charge in [0.1, 0.15) is 0 Å². The number of nitrogens with zero attached hydrogens (tertiary/aromatic N) is 2. The van der Waals surface area contributed by atoms with Crippen LogP contribution in [-0.2, 0) is 15.7 Å². The van der Waals surface area contributed by atoms with Crippen LogP contribution in [0.25, 0.3) is 0 Å². The lowest BCUT2D eigenvalue weighted by Gasteiger charge is -2.37. The molecule has 31 heavy (non-hydrogen) atoms. The second-order valence-electron chi connectivity index (χ2n) is 10.4. The Bertz CT molecular complexity index is 853. The molecule has 0 atom stereocenters. The maximum Gasteiger partial charge on any atom is 0.494 e. The fourth-order valence-corrected chi connectivity index (χ4v) is 4.36. The van der Waals surface area contributed by atoms with Crippen LogP contribution in [0.15, 0.2) is 48.5 Å². The minimum Gasteiger partial charge on any atom is -0.399 e. The van der Waals surface area contributed by atoms with E-state index in [0.29, 0.717) is 5.92 Å². The Morgan fingerprint density at radius 1 is 0.742 bits per heavy atom. The molecule has 2 heterocycles. The van der Waals surface area contributed by atoms with Gasteiger partial charge in [0.2, 0.25) is 0 Å². The summed E-state index contributed by atoms with van der Waals surface area (Å²) >= 11 is 0. The van der Waals surface area contributed by atoms with E-state index >= 15 is 0 Å². The summed E-state index contributed by atoms with van der Waals surface area (Å²) in [6.07, 6.45) is 1.15. The van der Waals surface area contributed by atoms with Gasteiger partial charge >= 0.3 is 7.12 Å². The molecule has 0 saturated carbocycles. The molecule has 0 aliphatic carbocycles. The topological polar surface area (TPSA) is 24.9 Å². The lowest BCUT2D eigenvalue weighted by Crippen LogP contribution is -2.46. The Morgan fingerprint density at radius 3 is 1.58 bits per heavy atom. The van der Waals surface area contributed by atoms with Crippen molar-refractivity contribution in [3.63, 3.8) is 0 Å². The predicted octanol–water partition coefficient (Wildman–Crippen LogP) is 4.51. The maximum absolute atomic E-state index is 6.19. The summed E-state index contributed by atoms with van der Waals surface area (Å²) in [6, 6.07) is 17.9. The molecule has 2 aromatic rings. The maximum atomic E-state index is 6.19. The van der Waals surface area contributed by atoms with Crippen molar-refractivity contribution in [1.82, 2.24) is 0 Å². The quantitative estimate of drug-likeness (QED) is 0.665. The van der Waals surface area contributed by atoms with Crippen molar-refractivity contribution >= 4 is 24.0 Å². The zero-order valence-corrected chi connectivity index (χ0v) is 20.0. The Kier molecular flexibility index (Phi) is 6.11. The highest BCUT2D eigenvalue weighted by Gasteiger charge is 2.51. The normalized spacial score (nSPS) is 20.5. The molecule has 0 amide bonds. The Morgan fingerprint density at radius 2 is 1.16 bits per heavy atom. The highest BCUT2D eigenvalue weighted by atomic mass is 16.7. The van der Waals surface area contributed by atoms with Crippen molar-refractivity contribution in [3.05, 3.63) is 54.1 Å². The van der Waals surface area contributed by atoms with E-state index < -0.39 is 0 Å². The number of piperazine rings is 1. The largest absolute Gasteiger partial charge is 0.494 e. The molecule has 2 fully saturated rings. The standard InChI is InChI=1S/C26H37BN2O2/c1-20(2)19-21-7-11-23(12-8-21)28-15-17-29(18-16-28)24-13-9-22(10-14-24)27-30-25(3,4)26(5,6)31-27/h7-14,20H,15-19H2,1-6H3. The summed E-state index contributed by atoms with van der Waals surface area (Å²) in [7, 11) is -0.297. The molecule has 2 aliphatic heterocycles. The fraction of sp³-hybridized carbons (Fsp3) is 0.538. The first kappa shape index (κ1) is 22.2. The third kappa shape index (κ3) is 4.78. The summed E-state index contributed by atoms with van der Waals surface area (Å²) in [5.74, 6) is 0.700. The van der Waals surface area contributed by atoms with Gasteiger partial charge in [-0.15, -0.1) is 0 Å². The SMILES string of the molecule is CC(C)Cc1ccc(N2CCN(c3ccc(B4OC(C)(C)C(C)(C)O4)cc3)CC2)cc1. The number of rotatable bonds is 5. The van der Waals surface area contributed by atoms with Crippen LogP contribution in [-0.4, -0.2) is 44.5 Å². The minimum absolute atomic E-state index is 0.297. The van der Waals surface area contributed by atoms with Crippen molar-refractivity contribution in [2.24, 2.45) is 5.92 Å². The zero-order valence-electron chi connectivity index (χ0n) is 20.0. The van der Waals surface area contributed by atoms with E-state index in [1.165, 1.54) is 16.9 Å². The van der Waals surface area contributed by atoms with E-state index in [4.69, 9.17) is 9.31 Å². The molecule has 2 saturated heterocycles. The lowest BCUT2D eigenvalue weighted by atomic mass is 9.79. The van der Waals surface area contributed by atoms with Gasteiger partial charge in [-0.2, -0.15) is 0 Å². The third-order valence-corrected chi connectivity index (χ3v) is 7.01. The van der Waals surface area contributed by atoms with E-state index in [0.717, 1.165) is 38.1 Å². The predicted molar refractivity (Wildman–Crippen MR) is 132 cm³/mol. The molecule has 2 aromatic carbocycles. The van der Waals surface area contributed by atoms with Gasteiger partial charge in [0.25, 0.3) is 0 Å². The second-order valence-corrected chi connectivity index (χ2v) is 10.4. The first-order valence-corrected chi connectivity index (χ1v) is 11.7. The van der Waals surface area contributed by atoms with E-state index in [1.807, 2.05) is 0 Å². The van der Waals surface area contributed by atoms with Crippen LogP contribution < -0.4 is 15.3 Å². The Hall–Kier alpha value is -1.98. The number of hydrogen-bond acceptors (Lipinski definition) is 4. The van der Waals surface area contributed by atoms with Crippen LogP contribution in [0.1, 0.15) is 47.1 Å². The number of benzene rings is 2. The molecule has 0 unspecified atom stereocenters. The Labute approximate surface area is 188 Å². The minimum atomic E-state index is -0.306. The molecule has 0 radical (unpaired) electrons. The van der Waals surface area contributed by atoms with E-state index in [1.54, 1.807) is 0 Å². The van der Waals surface area contributed by atoms with Crippen LogP contribution >= 0.6 is 0 Å². The van der Waals surface area contributed by atoms with Crippen LogP contribution in [0.3, 0.4) is 0 Å². The average molecular weight is 420 g/mol. The first-order valence-electron chi connectivity index (χ1n) is 11.7. The molecule has 0 bridgehead atoms. The van der Waals surface area contributed by atoms with E-state index in [-0.39, 0.29) is 18.3 Å². The zero-order chi connectivity index (χ0) is 22.2. The van der Waals surface area contributed by atoms with Gasteiger partial charge in [-0.3, -0.25) is 0 Å². The molecule has 2 aliphatic rings. The van der Waals surface area contributed by atoms with Gasteiger partial charge in [-0.1, -0.05) is 38.1 Å². The molecule has 0 N–H and O–H groups in total. The van der Waals surface area contributed by atoms with E-state index in [2.05, 4.69) is 99.9 Å². The van der Waals surface area contributed by atoms with Gasteiger partial charge in [-0.25, -0.2) is 0 Å². The second kappa shape index (κ2) is 8.52. The van der Waals surface area contributed by atoms with Gasteiger partial charge in [0, 0.05) is 37.6 Å². The molecule has 5 heteroatoms. The average Bonchev–Trinajstić information content (AvgIpc) is 2.95. The van der Waals surface area contributed by atoms with Crippen LogP contribution in [0.2, 0.25) is 0 Å². The molecule has 166 valence electrons. The fourth-order valence-electron chi connectivity index (χ4n) is 4.36. The van der Waals surface area contributed by atoms with Crippen molar-refractivity contribution < 1.29 is 9.31 Å². The van der Waals surface area contributed by atoms with Crippen LogP contribution in [0.4, 0.5) is 11.4 Å². The number of hydrogen-bond donors (Lipinski definition) is 0.